The minimum absolute atomic E-state index is 0.260. The van der Waals surface area contributed by atoms with E-state index in [1.54, 1.807) is 19.1 Å². The second-order valence-electron chi connectivity index (χ2n) is 3.23. The van der Waals surface area contributed by atoms with Crippen molar-refractivity contribution in [2.45, 2.75) is 19.6 Å². The zero-order valence-electron chi connectivity index (χ0n) is 7.93. The van der Waals surface area contributed by atoms with Crippen molar-refractivity contribution >= 4 is 15.9 Å². The van der Waals surface area contributed by atoms with Gasteiger partial charge in [-0.15, -0.1) is 0 Å². The Morgan fingerprint density at radius 2 is 2.29 bits per heavy atom. The SMILES string of the molecule is C[C@H](O)CNCc1ccc(F)c(Br)c1. The molecular weight excluding hydrogens is 249 g/mol. The maximum absolute atomic E-state index is 12.8. The monoisotopic (exact) mass is 261 g/mol. The predicted molar refractivity (Wildman–Crippen MR) is 57.5 cm³/mol. The molecule has 0 aliphatic carbocycles. The predicted octanol–water partition coefficient (Wildman–Crippen LogP) is 2.06. The zero-order chi connectivity index (χ0) is 10.6. The number of benzene rings is 1. The molecule has 78 valence electrons. The van der Waals surface area contributed by atoms with Gasteiger partial charge in [-0.2, -0.15) is 0 Å². The van der Waals surface area contributed by atoms with Gasteiger partial charge in [-0.1, -0.05) is 6.07 Å². The van der Waals surface area contributed by atoms with Crippen molar-refractivity contribution < 1.29 is 9.50 Å². The first-order valence-electron chi connectivity index (χ1n) is 4.42. The van der Waals surface area contributed by atoms with Crippen LogP contribution in [0.3, 0.4) is 0 Å². The van der Waals surface area contributed by atoms with Crippen molar-refractivity contribution in [2.24, 2.45) is 0 Å². The minimum Gasteiger partial charge on any atom is -0.392 e. The van der Waals surface area contributed by atoms with E-state index >= 15 is 0 Å². The normalized spacial score (nSPS) is 12.9. The fraction of sp³-hybridized carbons (Fsp3) is 0.400. The van der Waals surface area contributed by atoms with Gasteiger partial charge in [0.25, 0.3) is 0 Å². The summed E-state index contributed by atoms with van der Waals surface area (Å²) in [5.41, 5.74) is 0.985. The summed E-state index contributed by atoms with van der Waals surface area (Å²) in [4.78, 5) is 0. The van der Waals surface area contributed by atoms with Gasteiger partial charge in [0.05, 0.1) is 10.6 Å². The highest BCUT2D eigenvalue weighted by atomic mass is 79.9. The van der Waals surface area contributed by atoms with E-state index in [4.69, 9.17) is 5.11 Å². The summed E-state index contributed by atoms with van der Waals surface area (Å²) in [6.07, 6.45) is -0.362. The number of halogens is 2. The molecule has 0 aromatic heterocycles. The number of aliphatic hydroxyl groups excluding tert-OH is 1. The fourth-order valence-corrected chi connectivity index (χ4v) is 1.50. The molecule has 4 heteroatoms. The van der Waals surface area contributed by atoms with E-state index in [0.29, 0.717) is 17.6 Å². The van der Waals surface area contributed by atoms with E-state index in [-0.39, 0.29) is 11.9 Å². The Morgan fingerprint density at radius 1 is 1.57 bits per heavy atom. The Kier molecular flexibility index (Phi) is 4.51. The van der Waals surface area contributed by atoms with E-state index in [0.717, 1.165) is 5.56 Å². The summed E-state index contributed by atoms with van der Waals surface area (Å²) >= 11 is 3.11. The smallest absolute Gasteiger partial charge is 0.137 e. The molecule has 1 aromatic carbocycles. The van der Waals surface area contributed by atoms with Crippen LogP contribution < -0.4 is 5.32 Å². The average molecular weight is 262 g/mol. The molecule has 0 saturated carbocycles. The molecule has 2 nitrogen and oxygen atoms in total. The molecule has 0 saturated heterocycles. The number of rotatable bonds is 4. The van der Waals surface area contributed by atoms with Crippen LogP contribution in [0.15, 0.2) is 22.7 Å². The summed E-state index contributed by atoms with van der Waals surface area (Å²) in [6, 6.07) is 4.86. The van der Waals surface area contributed by atoms with Crippen LogP contribution in [0.4, 0.5) is 4.39 Å². The summed E-state index contributed by atoms with van der Waals surface area (Å²) in [6.45, 7) is 2.88. The molecule has 0 spiro atoms. The fourth-order valence-electron chi connectivity index (χ4n) is 1.07. The third-order valence-electron chi connectivity index (χ3n) is 1.75. The maximum Gasteiger partial charge on any atom is 0.137 e. The number of nitrogens with one attached hydrogen (secondary N) is 1. The molecule has 14 heavy (non-hydrogen) atoms. The molecule has 0 amide bonds. The second-order valence-corrected chi connectivity index (χ2v) is 4.08. The largest absolute Gasteiger partial charge is 0.392 e. The molecule has 1 atom stereocenters. The first-order valence-corrected chi connectivity index (χ1v) is 5.21. The molecule has 1 aromatic rings. The van der Waals surface area contributed by atoms with Gasteiger partial charge in [0.2, 0.25) is 0 Å². The Hall–Kier alpha value is -0.450. The molecule has 0 bridgehead atoms. The quantitative estimate of drug-likeness (QED) is 0.870. The molecule has 0 heterocycles. The highest BCUT2D eigenvalue weighted by molar-refractivity contribution is 9.10. The van der Waals surface area contributed by atoms with E-state index in [1.165, 1.54) is 6.07 Å². The summed E-state index contributed by atoms with van der Waals surface area (Å²) in [5.74, 6) is -0.260. The van der Waals surface area contributed by atoms with E-state index < -0.39 is 0 Å². The molecule has 1 rings (SSSR count). The lowest BCUT2D eigenvalue weighted by atomic mass is 10.2. The topological polar surface area (TPSA) is 32.3 Å². The third kappa shape index (κ3) is 3.74. The molecule has 0 radical (unpaired) electrons. The van der Waals surface area contributed by atoms with E-state index in [9.17, 15) is 4.39 Å². The molecular formula is C10H13BrFNO. The van der Waals surface area contributed by atoms with Crippen LogP contribution in [0, 0.1) is 5.82 Å². The third-order valence-corrected chi connectivity index (χ3v) is 2.36. The van der Waals surface area contributed by atoms with Gasteiger partial charge < -0.3 is 10.4 Å². The number of aliphatic hydroxyl groups is 1. The summed E-state index contributed by atoms with van der Waals surface area (Å²) < 4.78 is 13.3. The number of hydrogen-bond donors (Lipinski definition) is 2. The van der Waals surface area contributed by atoms with Crippen LogP contribution in [0.2, 0.25) is 0 Å². The van der Waals surface area contributed by atoms with Gasteiger partial charge in [-0.3, -0.25) is 0 Å². The lowest BCUT2D eigenvalue weighted by Crippen LogP contribution is -2.23. The lowest BCUT2D eigenvalue weighted by molar-refractivity contribution is 0.191. The van der Waals surface area contributed by atoms with Crippen LogP contribution in [-0.2, 0) is 6.54 Å². The van der Waals surface area contributed by atoms with E-state index in [1.807, 2.05) is 0 Å². The molecule has 0 aliphatic heterocycles. The van der Waals surface area contributed by atoms with Gasteiger partial charge in [0, 0.05) is 13.1 Å². The number of hydrogen-bond acceptors (Lipinski definition) is 2. The molecule has 0 fully saturated rings. The van der Waals surface area contributed by atoms with Gasteiger partial charge in [0.15, 0.2) is 0 Å². The van der Waals surface area contributed by atoms with Gasteiger partial charge >= 0.3 is 0 Å². The first kappa shape index (κ1) is 11.6. The van der Waals surface area contributed by atoms with Crippen LogP contribution in [0.25, 0.3) is 0 Å². The van der Waals surface area contributed by atoms with Crippen molar-refractivity contribution in [3.8, 4) is 0 Å². The Balaban J connectivity index is 2.47. The first-order chi connectivity index (χ1) is 6.59. The highest BCUT2D eigenvalue weighted by Crippen LogP contribution is 2.16. The Bertz CT molecular complexity index is 304. The Labute approximate surface area is 91.3 Å². The van der Waals surface area contributed by atoms with Crippen molar-refractivity contribution in [3.05, 3.63) is 34.1 Å². The second kappa shape index (κ2) is 5.44. The summed E-state index contributed by atoms with van der Waals surface area (Å²) in [5, 5.41) is 12.1. The van der Waals surface area contributed by atoms with Crippen molar-refractivity contribution in [1.82, 2.24) is 5.32 Å². The standard InChI is InChI=1S/C10H13BrFNO/c1-7(14)5-13-6-8-2-3-10(12)9(11)4-8/h2-4,7,13-14H,5-6H2,1H3/t7-/m0/s1. The molecule has 2 N–H and O–H groups in total. The van der Waals surface area contributed by atoms with Crippen LogP contribution in [0.1, 0.15) is 12.5 Å². The Morgan fingerprint density at radius 3 is 2.86 bits per heavy atom. The minimum atomic E-state index is -0.362. The van der Waals surface area contributed by atoms with Gasteiger partial charge in [-0.25, -0.2) is 4.39 Å². The van der Waals surface area contributed by atoms with Crippen molar-refractivity contribution in [2.75, 3.05) is 6.54 Å². The van der Waals surface area contributed by atoms with Crippen LogP contribution in [0.5, 0.6) is 0 Å². The van der Waals surface area contributed by atoms with E-state index in [2.05, 4.69) is 21.2 Å². The van der Waals surface area contributed by atoms with Crippen LogP contribution in [-0.4, -0.2) is 17.8 Å². The van der Waals surface area contributed by atoms with Crippen molar-refractivity contribution in [1.29, 1.82) is 0 Å². The van der Waals surface area contributed by atoms with Crippen LogP contribution >= 0.6 is 15.9 Å². The molecule has 0 unspecified atom stereocenters. The van der Waals surface area contributed by atoms with Gasteiger partial charge in [-0.05, 0) is 40.5 Å². The van der Waals surface area contributed by atoms with Gasteiger partial charge in [0.1, 0.15) is 5.82 Å². The zero-order valence-corrected chi connectivity index (χ0v) is 9.51. The lowest BCUT2D eigenvalue weighted by Gasteiger charge is -2.07. The summed E-state index contributed by atoms with van der Waals surface area (Å²) in [7, 11) is 0. The highest BCUT2D eigenvalue weighted by Gasteiger charge is 2.00. The van der Waals surface area contributed by atoms with Crippen molar-refractivity contribution in [3.63, 3.8) is 0 Å². The molecule has 0 aliphatic rings. The maximum atomic E-state index is 12.8. The average Bonchev–Trinajstić information content (AvgIpc) is 2.10.